The Morgan fingerprint density at radius 2 is 1.75 bits per heavy atom. The average molecular weight is 391 g/mol. The van der Waals surface area contributed by atoms with Crippen molar-refractivity contribution in [2.45, 2.75) is 18.8 Å². The van der Waals surface area contributed by atoms with E-state index in [0.29, 0.717) is 17.0 Å². The van der Waals surface area contributed by atoms with Crippen LogP contribution in [0.5, 0.6) is 11.5 Å². The van der Waals surface area contributed by atoms with Crippen LogP contribution in [0.1, 0.15) is 29.2 Å². The van der Waals surface area contributed by atoms with Gasteiger partial charge in [0.1, 0.15) is 17.0 Å². The van der Waals surface area contributed by atoms with Crippen LogP contribution in [0, 0.1) is 0 Å². The van der Waals surface area contributed by atoms with Gasteiger partial charge in [-0.15, -0.1) is 0 Å². The first-order valence-electron chi connectivity index (χ1n) is 9.08. The maximum absolute atomic E-state index is 10.9. The van der Waals surface area contributed by atoms with Gasteiger partial charge >= 0.3 is 0 Å². The Bertz CT molecular complexity index is 1100. The number of nitrogens with zero attached hydrogens (tertiary/aromatic N) is 2. The van der Waals surface area contributed by atoms with Crippen LogP contribution < -0.4 is 0 Å². The minimum Gasteiger partial charge on any atom is -0.508 e. The average Bonchev–Trinajstić information content (AvgIpc) is 2.70. The van der Waals surface area contributed by atoms with Gasteiger partial charge in [0, 0.05) is 40.0 Å². The van der Waals surface area contributed by atoms with Gasteiger partial charge in [-0.05, 0) is 54.8 Å². The molecular weight excluding hydrogens is 372 g/mol. The van der Waals surface area contributed by atoms with Gasteiger partial charge in [0.25, 0.3) is 0 Å². The highest BCUT2D eigenvalue weighted by Gasteiger charge is 2.21. The van der Waals surface area contributed by atoms with Crippen molar-refractivity contribution in [2.24, 2.45) is 0 Å². The fourth-order valence-electron chi connectivity index (χ4n) is 3.56. The number of fused-ring (bicyclic) bond motifs is 1. The molecule has 4 aromatic rings. The van der Waals surface area contributed by atoms with Crippen LogP contribution in [0.3, 0.4) is 0 Å². The van der Waals surface area contributed by atoms with E-state index in [1.807, 2.05) is 48.5 Å². The zero-order chi connectivity index (χ0) is 19.5. The van der Waals surface area contributed by atoms with Gasteiger partial charge in [-0.1, -0.05) is 35.9 Å². The molecule has 0 spiro atoms. The third-order valence-corrected chi connectivity index (χ3v) is 5.10. The van der Waals surface area contributed by atoms with E-state index >= 15 is 0 Å². The number of aromatic nitrogens is 2. The number of aryl methyl sites for hydroxylation is 1. The monoisotopic (exact) mass is 390 g/mol. The Labute approximate surface area is 168 Å². The minimum absolute atomic E-state index is 0.101. The van der Waals surface area contributed by atoms with E-state index in [4.69, 9.17) is 11.6 Å². The van der Waals surface area contributed by atoms with Crippen LogP contribution in [0.2, 0.25) is 5.02 Å². The van der Waals surface area contributed by atoms with Crippen LogP contribution >= 0.6 is 11.6 Å². The van der Waals surface area contributed by atoms with Gasteiger partial charge < -0.3 is 10.2 Å². The summed E-state index contributed by atoms with van der Waals surface area (Å²) < 4.78 is 0. The number of benzene rings is 2. The van der Waals surface area contributed by atoms with E-state index in [0.717, 1.165) is 28.6 Å². The number of hydrogen-bond donors (Lipinski definition) is 2. The molecule has 5 heteroatoms. The minimum atomic E-state index is -0.169. The number of phenols is 2. The van der Waals surface area contributed by atoms with Crippen molar-refractivity contribution in [3.63, 3.8) is 0 Å². The summed E-state index contributed by atoms with van der Waals surface area (Å²) in [4.78, 5) is 8.73. The number of hydrogen-bond acceptors (Lipinski definition) is 4. The molecule has 0 aliphatic rings. The van der Waals surface area contributed by atoms with Crippen molar-refractivity contribution in [1.29, 1.82) is 0 Å². The second kappa shape index (κ2) is 7.87. The summed E-state index contributed by atoms with van der Waals surface area (Å²) in [6, 6.07) is 18.5. The van der Waals surface area contributed by atoms with Crippen LogP contribution in [0.15, 0.2) is 73.1 Å². The zero-order valence-electron chi connectivity index (χ0n) is 15.1. The molecule has 2 aromatic carbocycles. The third-order valence-electron chi connectivity index (χ3n) is 4.88. The molecule has 4 nitrogen and oxygen atoms in total. The van der Waals surface area contributed by atoms with Crippen molar-refractivity contribution in [3.05, 3.63) is 94.9 Å². The summed E-state index contributed by atoms with van der Waals surface area (Å²) in [5.74, 6) is 0.0883. The van der Waals surface area contributed by atoms with Gasteiger partial charge in [0.2, 0.25) is 0 Å². The fourth-order valence-corrected chi connectivity index (χ4v) is 3.80. The second-order valence-electron chi connectivity index (χ2n) is 6.73. The van der Waals surface area contributed by atoms with Crippen molar-refractivity contribution in [1.82, 2.24) is 9.97 Å². The Hall–Kier alpha value is -3.11. The number of aromatic hydroxyl groups is 2. The predicted molar refractivity (Wildman–Crippen MR) is 111 cm³/mol. The quantitative estimate of drug-likeness (QED) is 0.475. The van der Waals surface area contributed by atoms with E-state index in [1.54, 1.807) is 18.5 Å². The van der Waals surface area contributed by atoms with Crippen molar-refractivity contribution >= 4 is 22.5 Å². The summed E-state index contributed by atoms with van der Waals surface area (Å²) in [6.45, 7) is 0. The molecule has 1 atom stereocenters. The molecule has 0 aliphatic carbocycles. The predicted octanol–water partition coefficient (Wildman–Crippen LogP) is 5.46. The third kappa shape index (κ3) is 3.78. The molecule has 28 heavy (non-hydrogen) atoms. The zero-order valence-corrected chi connectivity index (χ0v) is 15.8. The van der Waals surface area contributed by atoms with Gasteiger partial charge in [0.05, 0.1) is 0 Å². The van der Waals surface area contributed by atoms with Crippen molar-refractivity contribution in [3.8, 4) is 11.5 Å². The molecule has 0 amide bonds. The standard InChI is InChI=1S/C23H19ClN2O2/c24-17-12-16(13-19(27)14-17)20(9-7-18-5-1-2-10-25-18)21-8-6-15-4-3-11-26-22(15)23(21)28/h1-6,8,10-14,20,27-28H,7,9H2. The van der Waals surface area contributed by atoms with E-state index in [9.17, 15) is 10.2 Å². The highest BCUT2D eigenvalue weighted by atomic mass is 35.5. The Kier molecular flexibility index (Phi) is 5.13. The number of pyridine rings is 2. The smallest absolute Gasteiger partial charge is 0.145 e. The van der Waals surface area contributed by atoms with Crippen molar-refractivity contribution < 1.29 is 10.2 Å². The summed E-state index contributed by atoms with van der Waals surface area (Å²) in [7, 11) is 0. The van der Waals surface area contributed by atoms with Crippen LogP contribution in [-0.4, -0.2) is 20.2 Å². The molecule has 0 saturated heterocycles. The van der Waals surface area contributed by atoms with E-state index in [2.05, 4.69) is 9.97 Å². The van der Waals surface area contributed by atoms with Crippen LogP contribution in [0.25, 0.3) is 10.9 Å². The maximum atomic E-state index is 10.9. The van der Waals surface area contributed by atoms with Gasteiger partial charge in [0.15, 0.2) is 0 Å². The highest BCUT2D eigenvalue weighted by Crippen LogP contribution is 2.39. The Morgan fingerprint density at radius 1 is 0.893 bits per heavy atom. The lowest BCUT2D eigenvalue weighted by molar-refractivity contribution is 0.465. The molecule has 4 rings (SSSR count). The topological polar surface area (TPSA) is 66.2 Å². The van der Waals surface area contributed by atoms with Gasteiger partial charge in [-0.2, -0.15) is 0 Å². The van der Waals surface area contributed by atoms with Gasteiger partial charge in [-0.3, -0.25) is 9.97 Å². The van der Waals surface area contributed by atoms with Gasteiger partial charge in [-0.25, -0.2) is 0 Å². The number of phenolic OH excluding ortho intramolecular Hbond substituents is 2. The van der Waals surface area contributed by atoms with Crippen molar-refractivity contribution in [2.75, 3.05) is 0 Å². The molecule has 1 unspecified atom stereocenters. The normalized spacial score (nSPS) is 12.2. The van der Waals surface area contributed by atoms with E-state index < -0.39 is 0 Å². The molecule has 0 fully saturated rings. The summed E-state index contributed by atoms with van der Waals surface area (Å²) in [6.07, 6.45) is 4.86. The molecular formula is C23H19ClN2O2. The molecule has 2 aromatic heterocycles. The first-order chi connectivity index (χ1) is 13.6. The molecule has 0 bridgehead atoms. The lowest BCUT2D eigenvalue weighted by Crippen LogP contribution is -2.05. The number of rotatable bonds is 5. The lowest BCUT2D eigenvalue weighted by Gasteiger charge is -2.20. The fraction of sp³-hybridized carbons (Fsp3) is 0.130. The van der Waals surface area contributed by atoms with E-state index in [-0.39, 0.29) is 17.4 Å². The summed E-state index contributed by atoms with van der Waals surface area (Å²) in [5.41, 5.74) is 3.13. The first kappa shape index (κ1) is 18.3. The molecule has 0 radical (unpaired) electrons. The Balaban J connectivity index is 1.79. The second-order valence-corrected chi connectivity index (χ2v) is 7.17. The molecule has 0 aliphatic heterocycles. The largest absolute Gasteiger partial charge is 0.508 e. The maximum Gasteiger partial charge on any atom is 0.145 e. The highest BCUT2D eigenvalue weighted by molar-refractivity contribution is 6.30. The lowest BCUT2D eigenvalue weighted by atomic mass is 9.85. The Morgan fingerprint density at radius 3 is 2.54 bits per heavy atom. The van der Waals surface area contributed by atoms with Crippen LogP contribution in [-0.2, 0) is 6.42 Å². The van der Waals surface area contributed by atoms with Crippen LogP contribution in [0.4, 0.5) is 0 Å². The number of halogens is 1. The summed E-state index contributed by atoms with van der Waals surface area (Å²) in [5, 5.41) is 22.3. The molecule has 2 N–H and O–H groups in total. The molecule has 2 heterocycles. The van der Waals surface area contributed by atoms with E-state index in [1.165, 1.54) is 6.07 Å². The molecule has 140 valence electrons. The summed E-state index contributed by atoms with van der Waals surface area (Å²) >= 11 is 6.19. The first-order valence-corrected chi connectivity index (χ1v) is 9.45. The molecule has 0 saturated carbocycles. The SMILES string of the molecule is Oc1cc(Cl)cc(C(CCc2ccccn2)c2ccc3cccnc3c2O)c1.